The summed E-state index contributed by atoms with van der Waals surface area (Å²) in [6, 6.07) is 11.0. The van der Waals surface area contributed by atoms with E-state index in [9.17, 15) is 8.42 Å². The molecule has 0 fully saturated rings. The molecule has 20 heavy (non-hydrogen) atoms. The van der Waals surface area contributed by atoms with Crippen molar-refractivity contribution in [2.75, 3.05) is 12.3 Å². The fourth-order valence-corrected chi connectivity index (χ4v) is 5.33. The number of thiophene rings is 1. The molecule has 0 saturated heterocycles. The van der Waals surface area contributed by atoms with Crippen LogP contribution in [-0.2, 0) is 16.3 Å². The topological polar surface area (TPSA) is 46.2 Å². The Morgan fingerprint density at radius 3 is 2.80 bits per heavy atom. The van der Waals surface area contributed by atoms with Gasteiger partial charge in [-0.25, -0.2) is 8.42 Å². The van der Waals surface area contributed by atoms with Gasteiger partial charge in [0.25, 0.3) is 0 Å². The Morgan fingerprint density at radius 1 is 1.25 bits per heavy atom. The van der Waals surface area contributed by atoms with Crippen LogP contribution in [-0.4, -0.2) is 20.7 Å². The van der Waals surface area contributed by atoms with Crippen LogP contribution >= 0.6 is 22.9 Å². The lowest BCUT2D eigenvalue weighted by atomic mass is 10.1. The number of rotatable bonds is 4. The summed E-state index contributed by atoms with van der Waals surface area (Å²) in [5, 5.41) is 3.34. The highest BCUT2D eigenvalue weighted by atomic mass is 35.5. The number of hydrogen-bond acceptors (Lipinski definition) is 4. The second-order valence-corrected chi connectivity index (χ2v) is 8.58. The molecule has 0 amide bonds. The Labute approximate surface area is 127 Å². The first-order valence-corrected chi connectivity index (χ1v) is 9.20. The van der Waals surface area contributed by atoms with Crippen LogP contribution in [0.3, 0.4) is 0 Å². The minimum Gasteiger partial charge on any atom is -0.309 e. The molecular weight excluding hydrogens is 314 g/mol. The van der Waals surface area contributed by atoms with Gasteiger partial charge < -0.3 is 5.32 Å². The quantitative estimate of drug-likeness (QED) is 0.938. The van der Waals surface area contributed by atoms with Crippen LogP contribution in [0.25, 0.3) is 0 Å². The van der Waals surface area contributed by atoms with Gasteiger partial charge >= 0.3 is 0 Å². The van der Waals surface area contributed by atoms with Crippen molar-refractivity contribution in [2.45, 2.75) is 17.4 Å². The maximum absolute atomic E-state index is 12.0. The van der Waals surface area contributed by atoms with E-state index in [1.807, 2.05) is 24.3 Å². The summed E-state index contributed by atoms with van der Waals surface area (Å²) in [6.07, 6.45) is 0.857. The van der Waals surface area contributed by atoms with Gasteiger partial charge in [-0.1, -0.05) is 29.8 Å². The molecule has 6 heteroatoms. The fraction of sp³-hybridized carbons (Fsp3) is 0.286. The largest absolute Gasteiger partial charge is 0.309 e. The minimum atomic E-state index is -3.13. The Kier molecular flexibility index (Phi) is 3.86. The van der Waals surface area contributed by atoms with E-state index in [1.54, 1.807) is 23.5 Å². The SMILES string of the molecule is O=S1(=O)CC(NCCc2ccc(Cl)s2)c2ccccc21. The number of sulfone groups is 1. The monoisotopic (exact) mass is 327 g/mol. The predicted octanol–water partition coefficient (Wildman–Crippen LogP) is 3.06. The Balaban J connectivity index is 1.68. The van der Waals surface area contributed by atoms with Crippen molar-refractivity contribution < 1.29 is 8.42 Å². The molecular formula is C14H14ClNO2S2. The van der Waals surface area contributed by atoms with Crippen molar-refractivity contribution >= 4 is 32.8 Å². The highest BCUT2D eigenvalue weighted by Gasteiger charge is 2.33. The molecule has 1 aliphatic rings. The van der Waals surface area contributed by atoms with Crippen molar-refractivity contribution in [3.63, 3.8) is 0 Å². The zero-order valence-electron chi connectivity index (χ0n) is 10.7. The lowest BCUT2D eigenvalue weighted by Gasteiger charge is -2.11. The van der Waals surface area contributed by atoms with Gasteiger partial charge in [-0.2, -0.15) is 0 Å². The van der Waals surface area contributed by atoms with Gasteiger partial charge in [-0.15, -0.1) is 11.3 Å². The molecule has 1 aromatic heterocycles. The molecule has 1 N–H and O–H groups in total. The maximum atomic E-state index is 12.0. The van der Waals surface area contributed by atoms with Gasteiger partial charge in [0.05, 0.1) is 15.0 Å². The summed E-state index contributed by atoms with van der Waals surface area (Å²) in [7, 11) is -3.13. The van der Waals surface area contributed by atoms with Crippen LogP contribution in [0.4, 0.5) is 0 Å². The molecule has 3 rings (SSSR count). The van der Waals surface area contributed by atoms with Gasteiger partial charge in [-0.3, -0.25) is 0 Å². The summed E-state index contributed by atoms with van der Waals surface area (Å²) < 4.78 is 24.9. The van der Waals surface area contributed by atoms with Gasteiger partial charge in [0.1, 0.15) is 0 Å². The third kappa shape index (κ3) is 2.76. The number of hydrogen-bond donors (Lipinski definition) is 1. The van der Waals surface area contributed by atoms with Gasteiger partial charge in [0.15, 0.2) is 9.84 Å². The Hall–Kier alpha value is -0.880. The Morgan fingerprint density at radius 2 is 2.05 bits per heavy atom. The number of halogens is 1. The highest BCUT2D eigenvalue weighted by Crippen LogP contribution is 2.32. The molecule has 106 valence electrons. The molecule has 2 heterocycles. The highest BCUT2D eigenvalue weighted by molar-refractivity contribution is 7.91. The smallest absolute Gasteiger partial charge is 0.180 e. The summed E-state index contributed by atoms with van der Waals surface area (Å²) in [5.74, 6) is 0.150. The normalized spacial score (nSPS) is 19.9. The third-order valence-corrected chi connectivity index (χ3v) is 6.51. The van der Waals surface area contributed by atoms with Crippen LogP contribution in [0.1, 0.15) is 16.5 Å². The number of nitrogens with one attached hydrogen (secondary N) is 1. The van der Waals surface area contributed by atoms with Crippen LogP contribution in [0, 0.1) is 0 Å². The minimum absolute atomic E-state index is 0.105. The first-order chi connectivity index (χ1) is 9.56. The molecule has 1 unspecified atom stereocenters. The van der Waals surface area contributed by atoms with E-state index in [0.29, 0.717) is 4.90 Å². The molecule has 0 spiro atoms. The zero-order chi connectivity index (χ0) is 14.2. The molecule has 3 nitrogen and oxygen atoms in total. The average molecular weight is 328 g/mol. The van der Waals surface area contributed by atoms with Crippen molar-refractivity contribution in [2.24, 2.45) is 0 Å². The van der Waals surface area contributed by atoms with E-state index in [-0.39, 0.29) is 11.8 Å². The van der Waals surface area contributed by atoms with Crippen molar-refractivity contribution in [3.05, 3.63) is 51.2 Å². The summed E-state index contributed by atoms with van der Waals surface area (Å²) >= 11 is 7.45. The van der Waals surface area contributed by atoms with Crippen LogP contribution in [0.5, 0.6) is 0 Å². The van der Waals surface area contributed by atoms with Crippen molar-refractivity contribution in [1.82, 2.24) is 5.32 Å². The molecule has 0 bridgehead atoms. The summed E-state index contributed by atoms with van der Waals surface area (Å²) in [5.41, 5.74) is 0.886. The van der Waals surface area contributed by atoms with Crippen LogP contribution in [0.15, 0.2) is 41.3 Å². The van der Waals surface area contributed by atoms with Crippen molar-refractivity contribution in [3.8, 4) is 0 Å². The van der Waals surface area contributed by atoms with Crippen molar-refractivity contribution in [1.29, 1.82) is 0 Å². The molecule has 1 atom stereocenters. The van der Waals surface area contributed by atoms with Gasteiger partial charge in [-0.05, 0) is 30.2 Å². The first-order valence-electron chi connectivity index (χ1n) is 6.35. The van der Waals surface area contributed by atoms with E-state index >= 15 is 0 Å². The summed E-state index contributed by atoms with van der Waals surface area (Å²) in [6.45, 7) is 0.741. The van der Waals surface area contributed by atoms with E-state index in [2.05, 4.69) is 5.32 Å². The van der Waals surface area contributed by atoms with Crippen LogP contribution < -0.4 is 5.32 Å². The lowest BCUT2D eigenvalue weighted by Crippen LogP contribution is -2.24. The van der Waals surface area contributed by atoms with E-state index in [0.717, 1.165) is 22.9 Å². The molecule has 1 aliphatic heterocycles. The van der Waals surface area contributed by atoms with Gasteiger partial charge in [0, 0.05) is 17.5 Å². The van der Waals surface area contributed by atoms with E-state index in [1.165, 1.54) is 4.88 Å². The third-order valence-electron chi connectivity index (χ3n) is 3.41. The van der Waals surface area contributed by atoms with Crippen LogP contribution in [0.2, 0.25) is 4.34 Å². The van der Waals surface area contributed by atoms with Gasteiger partial charge in [0.2, 0.25) is 0 Å². The fourth-order valence-electron chi connectivity index (χ4n) is 2.48. The average Bonchev–Trinajstić information content (AvgIpc) is 2.93. The second kappa shape index (κ2) is 5.48. The first kappa shape index (κ1) is 14.1. The Bertz CT molecular complexity index is 724. The number of benzene rings is 1. The molecule has 0 aliphatic carbocycles. The lowest BCUT2D eigenvalue weighted by molar-refractivity contribution is 0.569. The zero-order valence-corrected chi connectivity index (χ0v) is 13.1. The predicted molar refractivity (Wildman–Crippen MR) is 82.3 cm³/mol. The van der Waals surface area contributed by atoms with E-state index in [4.69, 9.17) is 11.6 Å². The molecule has 0 saturated carbocycles. The molecule has 1 aromatic carbocycles. The summed E-state index contributed by atoms with van der Waals surface area (Å²) in [4.78, 5) is 1.67. The molecule has 0 radical (unpaired) electrons. The second-order valence-electron chi connectivity index (χ2n) is 4.78. The molecule has 2 aromatic rings. The standard InChI is InChI=1S/C14H14ClNO2S2/c15-14-6-5-10(19-14)7-8-16-12-9-20(17,18)13-4-2-1-3-11(12)13/h1-6,12,16H,7-9H2. The number of fused-ring (bicyclic) bond motifs is 1. The van der Waals surface area contributed by atoms with E-state index < -0.39 is 9.84 Å². The maximum Gasteiger partial charge on any atom is 0.180 e.